The molecule has 2 aliphatic rings. The molecule has 2 aromatic rings. The van der Waals surface area contributed by atoms with E-state index in [2.05, 4.69) is 10.2 Å². The van der Waals surface area contributed by atoms with Gasteiger partial charge in [-0.1, -0.05) is 26.0 Å². The molecule has 3 heterocycles. The van der Waals surface area contributed by atoms with Gasteiger partial charge in [0.15, 0.2) is 0 Å². The fraction of sp³-hybridized carbons (Fsp3) is 0.550. The van der Waals surface area contributed by atoms with Crippen LogP contribution in [0, 0.1) is 17.2 Å². The smallest absolute Gasteiger partial charge is 0.225 e. The number of likely N-dealkylation sites (tertiary alicyclic amines) is 1. The molecule has 2 saturated heterocycles. The predicted octanol–water partition coefficient (Wildman–Crippen LogP) is 1.37. The summed E-state index contributed by atoms with van der Waals surface area (Å²) < 4.78 is 42.2. The number of carbonyl (C=O) groups is 1. The number of sulfonamides is 1. The van der Waals surface area contributed by atoms with Gasteiger partial charge in [0.25, 0.3) is 0 Å². The van der Waals surface area contributed by atoms with Gasteiger partial charge in [-0.15, -0.1) is 10.2 Å². The fourth-order valence-electron chi connectivity index (χ4n) is 4.52. The van der Waals surface area contributed by atoms with Gasteiger partial charge in [-0.2, -0.15) is 0 Å². The molecule has 30 heavy (non-hydrogen) atoms. The van der Waals surface area contributed by atoms with Crippen molar-refractivity contribution in [2.24, 2.45) is 18.4 Å². The van der Waals surface area contributed by atoms with Crippen molar-refractivity contribution in [3.8, 4) is 0 Å². The van der Waals surface area contributed by atoms with Crippen LogP contribution in [-0.4, -0.2) is 64.5 Å². The van der Waals surface area contributed by atoms with Gasteiger partial charge >= 0.3 is 0 Å². The van der Waals surface area contributed by atoms with Crippen molar-refractivity contribution in [1.82, 2.24) is 24.0 Å². The summed E-state index contributed by atoms with van der Waals surface area (Å²) in [7, 11) is -1.69. The molecule has 162 valence electrons. The fourth-order valence-corrected chi connectivity index (χ4v) is 6.22. The zero-order chi connectivity index (χ0) is 21.7. The minimum Gasteiger partial charge on any atom is -0.341 e. The third-order valence-electron chi connectivity index (χ3n) is 6.15. The summed E-state index contributed by atoms with van der Waals surface area (Å²) >= 11 is 0. The number of carbonyl (C=O) groups excluding carboxylic acids is 1. The third-order valence-corrected chi connectivity index (χ3v) is 7.89. The summed E-state index contributed by atoms with van der Waals surface area (Å²) in [4.78, 5) is 14.5. The van der Waals surface area contributed by atoms with Crippen LogP contribution in [0.4, 0.5) is 4.39 Å². The molecule has 1 spiro atoms. The van der Waals surface area contributed by atoms with E-state index in [1.54, 1.807) is 6.33 Å². The lowest BCUT2D eigenvalue weighted by molar-refractivity contribution is -0.134. The maximum absolute atomic E-state index is 13.1. The van der Waals surface area contributed by atoms with Crippen molar-refractivity contribution in [1.29, 1.82) is 0 Å². The average Bonchev–Trinajstić information content (AvgIpc) is 3.24. The first-order chi connectivity index (χ1) is 14.1. The van der Waals surface area contributed by atoms with Crippen LogP contribution < -0.4 is 0 Å². The van der Waals surface area contributed by atoms with Gasteiger partial charge in [0.05, 0.1) is 5.75 Å². The van der Waals surface area contributed by atoms with E-state index in [0.717, 1.165) is 5.82 Å². The highest BCUT2D eigenvalue weighted by atomic mass is 32.2. The molecule has 10 heteroatoms. The topological polar surface area (TPSA) is 88.4 Å². The van der Waals surface area contributed by atoms with Crippen LogP contribution in [0.15, 0.2) is 30.6 Å². The summed E-state index contributed by atoms with van der Waals surface area (Å²) in [5.41, 5.74) is 0.173. The number of hydrogen-bond donors (Lipinski definition) is 0. The molecule has 0 N–H and O–H groups in total. The molecule has 0 aliphatic carbocycles. The minimum absolute atomic E-state index is 0.0617. The van der Waals surface area contributed by atoms with Crippen molar-refractivity contribution in [3.63, 3.8) is 0 Å². The van der Waals surface area contributed by atoms with Gasteiger partial charge in [-0.25, -0.2) is 17.1 Å². The standard InChI is InChI=1S/C20H26FN5O3S/c1-14(2)19(27)25-8-17(18-23-22-13-24(18)3)20(10-25)11-26(12-20)30(28,29)9-15-4-6-16(21)7-5-15/h4-7,13-14,17H,8-12H2,1-3H3. The Labute approximate surface area is 175 Å². The van der Waals surface area contributed by atoms with Crippen LogP contribution in [0.2, 0.25) is 0 Å². The van der Waals surface area contributed by atoms with Crippen molar-refractivity contribution in [2.45, 2.75) is 25.5 Å². The molecule has 1 unspecified atom stereocenters. The minimum atomic E-state index is -3.54. The second kappa shape index (κ2) is 7.42. The van der Waals surface area contributed by atoms with Crippen molar-refractivity contribution >= 4 is 15.9 Å². The molecule has 8 nitrogen and oxygen atoms in total. The van der Waals surface area contributed by atoms with Gasteiger partial charge in [0.1, 0.15) is 18.0 Å². The third kappa shape index (κ3) is 3.62. The second-order valence-corrected chi connectivity index (χ2v) is 10.7. The van der Waals surface area contributed by atoms with E-state index < -0.39 is 15.8 Å². The average molecular weight is 436 g/mol. The van der Waals surface area contributed by atoms with E-state index in [-0.39, 0.29) is 28.9 Å². The number of rotatable bonds is 5. The number of amides is 1. The van der Waals surface area contributed by atoms with Gasteiger partial charge < -0.3 is 9.47 Å². The van der Waals surface area contributed by atoms with Crippen LogP contribution in [0.3, 0.4) is 0 Å². The molecule has 0 bridgehead atoms. The van der Waals surface area contributed by atoms with Gasteiger partial charge in [0.2, 0.25) is 15.9 Å². The van der Waals surface area contributed by atoms with Crippen LogP contribution in [0.25, 0.3) is 0 Å². The Kier molecular flexibility index (Phi) is 5.17. The largest absolute Gasteiger partial charge is 0.341 e. The molecule has 0 radical (unpaired) electrons. The Hall–Kier alpha value is -2.33. The van der Waals surface area contributed by atoms with Crippen LogP contribution in [0.1, 0.15) is 31.2 Å². The summed E-state index contributed by atoms with van der Waals surface area (Å²) in [5.74, 6) is 0.0542. The molecule has 1 atom stereocenters. The monoisotopic (exact) mass is 435 g/mol. The Morgan fingerprint density at radius 3 is 2.47 bits per heavy atom. The lowest BCUT2D eigenvalue weighted by atomic mass is 9.72. The first kappa shape index (κ1) is 20.9. The Balaban J connectivity index is 1.55. The summed E-state index contributed by atoms with van der Waals surface area (Å²) in [6.45, 7) is 5.40. The molecule has 2 aliphatic heterocycles. The Morgan fingerprint density at radius 1 is 1.23 bits per heavy atom. The molecular weight excluding hydrogens is 409 g/mol. The highest BCUT2D eigenvalue weighted by molar-refractivity contribution is 7.88. The highest BCUT2D eigenvalue weighted by Gasteiger charge is 2.59. The molecule has 0 saturated carbocycles. The van der Waals surface area contributed by atoms with E-state index in [1.807, 2.05) is 30.4 Å². The lowest BCUT2D eigenvalue weighted by Gasteiger charge is -2.49. The van der Waals surface area contributed by atoms with E-state index >= 15 is 0 Å². The molecule has 1 amide bonds. The normalized spacial score (nSPS) is 21.4. The maximum Gasteiger partial charge on any atom is 0.225 e. The predicted molar refractivity (Wildman–Crippen MR) is 108 cm³/mol. The second-order valence-electron chi connectivity index (χ2n) is 8.74. The van der Waals surface area contributed by atoms with Crippen LogP contribution in [-0.2, 0) is 27.6 Å². The first-order valence-electron chi connectivity index (χ1n) is 9.96. The molecule has 4 rings (SSSR count). The number of halogens is 1. The van der Waals surface area contributed by atoms with Gasteiger partial charge in [-0.05, 0) is 17.7 Å². The van der Waals surface area contributed by atoms with E-state index in [4.69, 9.17) is 0 Å². The number of hydrogen-bond acceptors (Lipinski definition) is 5. The summed E-state index contributed by atoms with van der Waals surface area (Å²) in [6.07, 6.45) is 1.62. The molecule has 1 aromatic heterocycles. The molecule has 1 aromatic carbocycles. The number of aromatic nitrogens is 3. The maximum atomic E-state index is 13.1. The van der Waals surface area contributed by atoms with E-state index in [9.17, 15) is 17.6 Å². The first-order valence-corrected chi connectivity index (χ1v) is 11.6. The molecular formula is C20H26FN5O3S. The summed E-state index contributed by atoms with van der Waals surface area (Å²) in [6, 6.07) is 5.50. The Bertz CT molecular complexity index is 1040. The number of nitrogens with zero attached hydrogens (tertiary/aromatic N) is 5. The van der Waals surface area contributed by atoms with Crippen LogP contribution in [0.5, 0.6) is 0 Å². The zero-order valence-electron chi connectivity index (χ0n) is 17.3. The van der Waals surface area contributed by atoms with E-state index in [0.29, 0.717) is 31.7 Å². The Morgan fingerprint density at radius 2 is 1.90 bits per heavy atom. The number of benzene rings is 1. The van der Waals surface area contributed by atoms with Crippen molar-refractivity contribution in [3.05, 3.63) is 47.8 Å². The van der Waals surface area contributed by atoms with E-state index in [1.165, 1.54) is 28.6 Å². The quantitative estimate of drug-likeness (QED) is 0.708. The number of aryl methyl sites for hydroxylation is 1. The molecule has 2 fully saturated rings. The SMILES string of the molecule is CC(C)C(=O)N1CC(c2nncn2C)C2(C1)CN(S(=O)(=O)Cc1ccc(F)cc1)C2. The van der Waals surface area contributed by atoms with Crippen molar-refractivity contribution in [2.75, 3.05) is 26.2 Å². The summed E-state index contributed by atoms with van der Waals surface area (Å²) in [5, 5.41) is 8.22. The van der Waals surface area contributed by atoms with Crippen molar-refractivity contribution < 1.29 is 17.6 Å². The highest BCUT2D eigenvalue weighted by Crippen LogP contribution is 2.49. The van der Waals surface area contributed by atoms with Gasteiger partial charge in [-0.3, -0.25) is 4.79 Å². The lowest BCUT2D eigenvalue weighted by Crippen LogP contribution is -2.61. The van der Waals surface area contributed by atoms with Crippen LogP contribution >= 0.6 is 0 Å². The van der Waals surface area contributed by atoms with Gasteiger partial charge in [0, 0.05) is 50.5 Å². The zero-order valence-corrected chi connectivity index (χ0v) is 18.1.